The zero-order valence-corrected chi connectivity index (χ0v) is 31.8. The smallest absolute Gasteiger partial charge is 0.164 e. The van der Waals surface area contributed by atoms with E-state index in [9.17, 15) is 9.90 Å². The van der Waals surface area contributed by atoms with Gasteiger partial charge >= 0.3 is 0 Å². The largest absolute Gasteiger partial charge is 0.512 e. The molecule has 1 radical (unpaired) electrons. The number of aliphatic hydroxyl groups excluding tert-OH is 1. The van der Waals surface area contributed by atoms with Gasteiger partial charge in [-0.1, -0.05) is 103 Å². The predicted molar refractivity (Wildman–Crippen MR) is 194 cm³/mol. The summed E-state index contributed by atoms with van der Waals surface area (Å²) in [5, 5.41) is 17.5. The molecule has 4 aromatic carbocycles. The SMILES string of the molecule is CC(C)(C)C(=O)/C=C(\O)C(C)(C)C.CC(C)Cc1cc(F)c2ccc3c4ccnc5c4c(cc3c2c1)Sc1nc2ccccc2[c-]c1-5.[Ir]. The summed E-state index contributed by atoms with van der Waals surface area (Å²) < 4.78 is 15.1. The number of ketones is 1. The van der Waals surface area contributed by atoms with Gasteiger partial charge in [0, 0.05) is 64.2 Å². The number of aliphatic hydroxyl groups is 1. The number of hydrogen-bond acceptors (Lipinski definition) is 5. The summed E-state index contributed by atoms with van der Waals surface area (Å²) in [5.74, 6) is 0.416. The van der Waals surface area contributed by atoms with Gasteiger partial charge in [0.1, 0.15) is 11.6 Å². The van der Waals surface area contributed by atoms with Gasteiger partial charge < -0.3 is 10.1 Å². The number of fused-ring (bicyclic) bond motifs is 7. The molecule has 0 spiro atoms. The van der Waals surface area contributed by atoms with E-state index >= 15 is 4.39 Å². The summed E-state index contributed by atoms with van der Waals surface area (Å²) in [6, 6.07) is 23.7. The number of hydrogen-bond donors (Lipinski definition) is 1. The van der Waals surface area contributed by atoms with Gasteiger partial charge in [0.25, 0.3) is 0 Å². The molecule has 0 saturated heterocycles. The first kappa shape index (κ1) is 35.7. The summed E-state index contributed by atoms with van der Waals surface area (Å²) in [7, 11) is 0. The van der Waals surface area contributed by atoms with Crippen LogP contribution in [0, 0.1) is 28.6 Å². The topological polar surface area (TPSA) is 63.1 Å². The Bertz CT molecular complexity index is 2250. The fraction of sp³-hybridized carbons (Fsp3) is 0.293. The van der Waals surface area contributed by atoms with Crippen molar-refractivity contribution in [1.82, 2.24) is 9.97 Å². The van der Waals surface area contributed by atoms with E-state index in [4.69, 9.17) is 9.97 Å². The van der Waals surface area contributed by atoms with E-state index in [-0.39, 0.29) is 42.9 Å². The molecule has 0 amide bonds. The third kappa shape index (κ3) is 6.92. The maximum Gasteiger partial charge on any atom is 0.164 e. The number of allylic oxidation sites excluding steroid dienone is 2. The van der Waals surface area contributed by atoms with Crippen LogP contribution in [-0.4, -0.2) is 20.9 Å². The zero-order chi connectivity index (χ0) is 33.8. The van der Waals surface area contributed by atoms with Crippen LogP contribution in [0.2, 0.25) is 0 Å². The van der Waals surface area contributed by atoms with Crippen LogP contribution in [0.5, 0.6) is 0 Å². The van der Waals surface area contributed by atoms with Crippen molar-refractivity contribution >= 4 is 60.8 Å². The quantitative estimate of drug-likeness (QED) is 0.0831. The Morgan fingerprint density at radius 1 is 0.917 bits per heavy atom. The number of aromatic nitrogens is 2. The molecule has 0 atom stereocenters. The van der Waals surface area contributed by atoms with Gasteiger partial charge in [-0.3, -0.25) is 9.78 Å². The van der Waals surface area contributed by atoms with Crippen LogP contribution < -0.4 is 0 Å². The number of rotatable bonds is 3. The molecular weight excluding hydrogens is 796 g/mol. The molecule has 7 heteroatoms. The Kier molecular flexibility index (Phi) is 9.91. The fourth-order valence-corrected chi connectivity index (χ4v) is 6.87. The number of halogens is 1. The van der Waals surface area contributed by atoms with Crippen LogP contribution in [0.25, 0.3) is 54.5 Å². The minimum Gasteiger partial charge on any atom is -0.512 e. The van der Waals surface area contributed by atoms with Gasteiger partial charge in [0.15, 0.2) is 5.78 Å². The minimum absolute atomic E-state index is 0. The molecular formula is C41H40FIrN2O2S-. The molecule has 3 heterocycles. The van der Waals surface area contributed by atoms with E-state index in [0.29, 0.717) is 11.3 Å². The van der Waals surface area contributed by atoms with Gasteiger partial charge in [0.2, 0.25) is 0 Å². The second-order valence-electron chi connectivity index (χ2n) is 14.8. The van der Waals surface area contributed by atoms with Crippen LogP contribution in [0.1, 0.15) is 61.0 Å². The average Bonchev–Trinajstić information content (AvgIpc) is 2.99. The van der Waals surface area contributed by atoms with Crippen molar-refractivity contribution < 1.29 is 34.4 Å². The predicted octanol–water partition coefficient (Wildman–Crippen LogP) is 11.4. The van der Waals surface area contributed by atoms with E-state index in [0.717, 1.165) is 71.0 Å². The first-order valence-corrected chi connectivity index (χ1v) is 16.9. The van der Waals surface area contributed by atoms with Crippen molar-refractivity contribution in [2.75, 3.05) is 0 Å². The average molecular weight is 836 g/mol. The van der Waals surface area contributed by atoms with Crippen molar-refractivity contribution in [3.63, 3.8) is 0 Å². The summed E-state index contributed by atoms with van der Waals surface area (Å²) in [4.78, 5) is 22.3. The van der Waals surface area contributed by atoms with Gasteiger partial charge in [-0.15, -0.1) is 23.9 Å². The molecule has 4 nitrogen and oxygen atoms in total. The number of benzene rings is 4. The van der Waals surface area contributed by atoms with Crippen LogP contribution in [0.15, 0.2) is 88.6 Å². The molecule has 2 aromatic heterocycles. The Balaban J connectivity index is 0.000000277. The van der Waals surface area contributed by atoms with E-state index in [1.807, 2.05) is 84.1 Å². The van der Waals surface area contributed by atoms with Gasteiger partial charge in [-0.2, -0.15) is 0 Å². The molecule has 0 fully saturated rings. The van der Waals surface area contributed by atoms with Gasteiger partial charge in [-0.25, -0.2) is 4.39 Å². The second kappa shape index (κ2) is 13.3. The molecule has 0 aliphatic carbocycles. The monoisotopic (exact) mass is 836 g/mol. The summed E-state index contributed by atoms with van der Waals surface area (Å²) in [5.41, 5.74) is 3.07. The normalized spacial score (nSPS) is 13.0. The van der Waals surface area contributed by atoms with Gasteiger partial charge in [0.05, 0.1) is 0 Å². The van der Waals surface area contributed by atoms with Crippen molar-refractivity contribution in [1.29, 1.82) is 0 Å². The summed E-state index contributed by atoms with van der Waals surface area (Å²) >= 11 is 1.66. The number of pyridine rings is 2. The van der Waals surface area contributed by atoms with Crippen LogP contribution in [-0.2, 0) is 31.3 Å². The maximum atomic E-state index is 15.1. The standard InChI is InChI=1S/C30H20FN2S.C11H20O2.Ir/c1-16(2)11-17-12-22-20(25(31)13-17)8-7-19-21-9-10-32-29-24-14-18-5-3-4-6-26(18)33-30(24)34-27(28(21)29)15-23(19)22;1-10(2,3)8(12)7-9(13)11(4,5)6;/h3-10,12-13,15-16H,11H2,1-2H3;7,12H,1-6H3;/q-1;;/b;8-7-;. The molecule has 1 N–H and O–H groups in total. The third-order valence-electron chi connectivity index (χ3n) is 8.41. The number of nitrogens with zero attached hydrogens (tertiary/aromatic N) is 2. The molecule has 0 unspecified atom stereocenters. The second-order valence-corrected chi connectivity index (χ2v) is 15.8. The third-order valence-corrected chi connectivity index (χ3v) is 9.44. The number of carbonyl (C=O) groups is 1. The number of carbonyl (C=O) groups excluding carboxylic acids is 1. The summed E-state index contributed by atoms with van der Waals surface area (Å²) in [6.07, 6.45) is 4.05. The Labute approximate surface area is 299 Å². The molecule has 1 aliphatic heterocycles. The molecule has 0 saturated carbocycles. The fourth-order valence-electron chi connectivity index (χ4n) is 5.78. The van der Waals surface area contributed by atoms with Crippen LogP contribution in [0.3, 0.4) is 0 Å². The van der Waals surface area contributed by atoms with Crippen LogP contribution in [0.4, 0.5) is 4.39 Å². The molecule has 249 valence electrons. The molecule has 48 heavy (non-hydrogen) atoms. The first-order valence-electron chi connectivity index (χ1n) is 16.0. The Morgan fingerprint density at radius 2 is 1.60 bits per heavy atom. The summed E-state index contributed by atoms with van der Waals surface area (Å²) in [6.45, 7) is 15.4. The maximum absolute atomic E-state index is 15.1. The van der Waals surface area contributed by atoms with E-state index in [2.05, 4.69) is 38.1 Å². The van der Waals surface area contributed by atoms with Crippen molar-refractivity contribution in [3.8, 4) is 11.3 Å². The molecule has 6 aromatic rings. The van der Waals surface area contributed by atoms with Crippen molar-refractivity contribution in [3.05, 3.63) is 96.1 Å². The Morgan fingerprint density at radius 3 is 2.29 bits per heavy atom. The Hall–Kier alpha value is -3.64. The van der Waals surface area contributed by atoms with Crippen LogP contribution >= 0.6 is 11.8 Å². The molecule has 1 aliphatic rings. The number of para-hydroxylation sites is 1. The van der Waals surface area contributed by atoms with E-state index in [1.165, 1.54) is 6.08 Å². The minimum atomic E-state index is -0.417. The molecule has 7 rings (SSSR count). The van der Waals surface area contributed by atoms with Crippen molar-refractivity contribution in [2.45, 2.75) is 71.7 Å². The van der Waals surface area contributed by atoms with E-state index < -0.39 is 5.41 Å². The van der Waals surface area contributed by atoms with Gasteiger partial charge in [-0.05, 0) is 68.5 Å². The first-order chi connectivity index (χ1) is 22.1. The van der Waals surface area contributed by atoms with E-state index in [1.54, 1.807) is 17.8 Å². The molecule has 0 bridgehead atoms. The zero-order valence-electron chi connectivity index (χ0n) is 28.6. The van der Waals surface area contributed by atoms with Crippen molar-refractivity contribution in [2.24, 2.45) is 16.7 Å².